The third-order valence-corrected chi connectivity index (χ3v) is 3.23. The number of benzene rings is 1. The number of halogens is 1. The molecule has 0 aliphatic carbocycles. The lowest BCUT2D eigenvalue weighted by Gasteiger charge is -2.12. The van der Waals surface area contributed by atoms with Gasteiger partial charge in [-0.25, -0.2) is 9.37 Å². The fourth-order valence-corrected chi connectivity index (χ4v) is 2.36. The number of rotatable bonds is 2. The van der Waals surface area contributed by atoms with Crippen molar-refractivity contribution in [3.8, 4) is 5.69 Å². The van der Waals surface area contributed by atoms with Gasteiger partial charge in [0.15, 0.2) is 0 Å². The van der Waals surface area contributed by atoms with Crippen LogP contribution in [0.3, 0.4) is 0 Å². The van der Waals surface area contributed by atoms with E-state index in [9.17, 15) is 4.39 Å². The molecule has 2 heterocycles. The number of hydrogen-bond acceptors (Lipinski definition) is 2. The van der Waals surface area contributed by atoms with E-state index >= 15 is 0 Å². The number of hydrogen-bond donors (Lipinski definition) is 1. The van der Waals surface area contributed by atoms with E-state index < -0.39 is 0 Å². The van der Waals surface area contributed by atoms with Crippen LogP contribution in [0.4, 0.5) is 4.39 Å². The molecule has 17 heavy (non-hydrogen) atoms. The second-order valence-corrected chi connectivity index (χ2v) is 4.36. The van der Waals surface area contributed by atoms with Crippen LogP contribution in [0.15, 0.2) is 36.8 Å². The topological polar surface area (TPSA) is 29.9 Å². The Bertz CT molecular complexity index is 515. The van der Waals surface area contributed by atoms with Crippen molar-refractivity contribution in [3.63, 3.8) is 0 Å². The van der Waals surface area contributed by atoms with Crippen molar-refractivity contribution < 1.29 is 4.39 Å². The van der Waals surface area contributed by atoms with E-state index in [1.807, 2.05) is 16.8 Å². The normalized spacial score (nSPS) is 19.7. The maximum absolute atomic E-state index is 13.2. The van der Waals surface area contributed by atoms with Gasteiger partial charge < -0.3 is 9.88 Å². The van der Waals surface area contributed by atoms with Gasteiger partial charge in [-0.15, -0.1) is 0 Å². The van der Waals surface area contributed by atoms with Gasteiger partial charge in [0.05, 0.1) is 6.33 Å². The Morgan fingerprint density at radius 1 is 1.41 bits per heavy atom. The summed E-state index contributed by atoms with van der Waals surface area (Å²) in [5, 5.41) is 3.34. The number of nitrogens with zero attached hydrogens (tertiary/aromatic N) is 2. The van der Waals surface area contributed by atoms with Crippen molar-refractivity contribution in [2.24, 2.45) is 0 Å². The van der Waals surface area contributed by atoms with Gasteiger partial charge in [0.25, 0.3) is 0 Å². The van der Waals surface area contributed by atoms with Crippen LogP contribution >= 0.6 is 0 Å². The van der Waals surface area contributed by atoms with E-state index in [4.69, 9.17) is 0 Å². The lowest BCUT2D eigenvalue weighted by Crippen LogP contribution is -2.10. The predicted molar refractivity (Wildman–Crippen MR) is 63.7 cm³/mol. The summed E-state index contributed by atoms with van der Waals surface area (Å²) in [7, 11) is 0. The minimum Gasteiger partial charge on any atom is -0.316 e. The highest BCUT2D eigenvalue weighted by Crippen LogP contribution is 2.24. The van der Waals surface area contributed by atoms with Gasteiger partial charge in [-0.3, -0.25) is 0 Å². The molecule has 1 aromatic carbocycles. The number of imidazole rings is 1. The molecule has 88 valence electrons. The third kappa shape index (κ3) is 1.96. The van der Waals surface area contributed by atoms with E-state index in [2.05, 4.69) is 10.3 Å². The van der Waals surface area contributed by atoms with Gasteiger partial charge in [-0.2, -0.15) is 0 Å². The van der Waals surface area contributed by atoms with Crippen molar-refractivity contribution in [3.05, 3.63) is 48.3 Å². The Morgan fingerprint density at radius 2 is 2.35 bits per heavy atom. The molecule has 2 aromatic rings. The van der Waals surface area contributed by atoms with Crippen LogP contribution in [0, 0.1) is 5.82 Å². The van der Waals surface area contributed by atoms with Crippen LogP contribution in [-0.2, 0) is 0 Å². The van der Waals surface area contributed by atoms with E-state index in [-0.39, 0.29) is 5.82 Å². The SMILES string of the molecule is Fc1cccc(-n2cncc2C2CCNC2)c1. The molecular formula is C13H14FN3. The molecule has 0 saturated carbocycles. The van der Waals surface area contributed by atoms with Gasteiger partial charge in [0.1, 0.15) is 5.82 Å². The first-order valence-electron chi connectivity index (χ1n) is 5.83. The minimum atomic E-state index is -0.216. The van der Waals surface area contributed by atoms with Crippen LogP contribution in [-0.4, -0.2) is 22.6 Å². The Kier molecular flexibility index (Phi) is 2.65. The van der Waals surface area contributed by atoms with Crippen molar-refractivity contribution in [2.45, 2.75) is 12.3 Å². The fourth-order valence-electron chi connectivity index (χ4n) is 2.36. The minimum absolute atomic E-state index is 0.216. The average molecular weight is 231 g/mol. The zero-order valence-electron chi connectivity index (χ0n) is 9.44. The first-order valence-corrected chi connectivity index (χ1v) is 5.83. The molecular weight excluding hydrogens is 217 g/mol. The molecule has 1 fully saturated rings. The van der Waals surface area contributed by atoms with Crippen LogP contribution in [0.1, 0.15) is 18.0 Å². The van der Waals surface area contributed by atoms with E-state index in [0.717, 1.165) is 30.9 Å². The highest BCUT2D eigenvalue weighted by Gasteiger charge is 2.20. The molecule has 3 nitrogen and oxygen atoms in total. The standard InChI is InChI=1S/C13H14FN3/c14-11-2-1-3-12(6-11)17-9-16-8-13(17)10-4-5-15-7-10/h1-3,6,8-10,15H,4-5,7H2. The summed E-state index contributed by atoms with van der Waals surface area (Å²) in [6.45, 7) is 2.01. The van der Waals surface area contributed by atoms with Crippen LogP contribution in [0.2, 0.25) is 0 Å². The Balaban J connectivity index is 2.00. The smallest absolute Gasteiger partial charge is 0.125 e. The first-order chi connectivity index (χ1) is 8.34. The monoisotopic (exact) mass is 231 g/mol. The lowest BCUT2D eigenvalue weighted by atomic mass is 10.1. The highest BCUT2D eigenvalue weighted by atomic mass is 19.1. The summed E-state index contributed by atoms with van der Waals surface area (Å²) in [5.41, 5.74) is 1.99. The van der Waals surface area contributed by atoms with Gasteiger partial charge in [-0.05, 0) is 31.2 Å². The predicted octanol–water partition coefficient (Wildman–Crippen LogP) is 2.09. The number of nitrogens with one attached hydrogen (secondary N) is 1. The third-order valence-electron chi connectivity index (χ3n) is 3.23. The summed E-state index contributed by atoms with van der Waals surface area (Å²) in [6, 6.07) is 6.61. The summed E-state index contributed by atoms with van der Waals surface area (Å²) < 4.78 is 15.2. The summed E-state index contributed by atoms with van der Waals surface area (Å²) in [5.74, 6) is 0.257. The van der Waals surface area contributed by atoms with Crippen LogP contribution < -0.4 is 5.32 Å². The fraction of sp³-hybridized carbons (Fsp3) is 0.308. The van der Waals surface area contributed by atoms with Gasteiger partial charge in [0, 0.05) is 30.0 Å². The molecule has 0 amide bonds. The Labute approximate surface area is 99.3 Å². The lowest BCUT2D eigenvalue weighted by molar-refractivity contribution is 0.625. The zero-order chi connectivity index (χ0) is 11.7. The van der Waals surface area contributed by atoms with E-state index in [0.29, 0.717) is 5.92 Å². The zero-order valence-corrected chi connectivity index (χ0v) is 9.44. The van der Waals surface area contributed by atoms with Crippen LogP contribution in [0.25, 0.3) is 5.69 Å². The van der Waals surface area contributed by atoms with Gasteiger partial charge in [0.2, 0.25) is 0 Å². The molecule has 1 saturated heterocycles. The second-order valence-electron chi connectivity index (χ2n) is 4.36. The highest BCUT2D eigenvalue weighted by molar-refractivity contribution is 5.35. The van der Waals surface area contributed by atoms with Crippen molar-refractivity contribution >= 4 is 0 Å². The Hall–Kier alpha value is -1.68. The Morgan fingerprint density at radius 3 is 3.12 bits per heavy atom. The first kappa shape index (κ1) is 10.5. The molecule has 1 aliphatic heterocycles. The average Bonchev–Trinajstić information content (AvgIpc) is 3.00. The summed E-state index contributed by atoms with van der Waals surface area (Å²) in [6.07, 6.45) is 4.74. The van der Waals surface area contributed by atoms with E-state index in [1.54, 1.807) is 12.4 Å². The molecule has 1 atom stereocenters. The summed E-state index contributed by atoms with van der Waals surface area (Å²) >= 11 is 0. The molecule has 0 spiro atoms. The van der Waals surface area contributed by atoms with Crippen molar-refractivity contribution in [1.82, 2.24) is 14.9 Å². The van der Waals surface area contributed by atoms with Crippen molar-refractivity contribution in [2.75, 3.05) is 13.1 Å². The maximum atomic E-state index is 13.2. The molecule has 1 aliphatic rings. The quantitative estimate of drug-likeness (QED) is 0.857. The van der Waals surface area contributed by atoms with Crippen molar-refractivity contribution in [1.29, 1.82) is 0 Å². The molecule has 0 bridgehead atoms. The maximum Gasteiger partial charge on any atom is 0.125 e. The van der Waals surface area contributed by atoms with Crippen LogP contribution in [0.5, 0.6) is 0 Å². The summed E-state index contributed by atoms with van der Waals surface area (Å²) in [4.78, 5) is 4.19. The largest absolute Gasteiger partial charge is 0.316 e. The molecule has 3 rings (SSSR count). The molecule has 4 heteroatoms. The van der Waals surface area contributed by atoms with Gasteiger partial charge in [-0.1, -0.05) is 6.07 Å². The molecule has 1 aromatic heterocycles. The molecule has 1 unspecified atom stereocenters. The molecule has 1 N–H and O–H groups in total. The van der Waals surface area contributed by atoms with E-state index in [1.165, 1.54) is 12.1 Å². The second kappa shape index (κ2) is 4.30. The number of aromatic nitrogens is 2. The van der Waals surface area contributed by atoms with Gasteiger partial charge >= 0.3 is 0 Å². The molecule has 0 radical (unpaired) electrons.